The third-order valence-electron chi connectivity index (χ3n) is 6.10. The van der Waals surface area contributed by atoms with E-state index >= 15 is 0 Å². The summed E-state index contributed by atoms with van der Waals surface area (Å²) in [5.74, 6) is -0.399. The molecule has 8 heteroatoms. The van der Waals surface area contributed by atoms with Crippen molar-refractivity contribution < 1.29 is 13.2 Å². The molecule has 0 saturated carbocycles. The number of nitrogens with zero attached hydrogens (tertiary/aromatic N) is 3. The van der Waals surface area contributed by atoms with Gasteiger partial charge in [0.1, 0.15) is 0 Å². The summed E-state index contributed by atoms with van der Waals surface area (Å²) in [6.45, 7) is 8.96. The Morgan fingerprint density at radius 1 is 1.21 bits per heavy atom. The smallest absolute Gasteiger partial charge is 0.279 e. The number of aromatic nitrogens is 1. The monoisotopic (exact) mass is 483 g/mol. The van der Waals surface area contributed by atoms with Gasteiger partial charge in [0.25, 0.3) is 5.91 Å². The molecule has 1 fully saturated rings. The van der Waals surface area contributed by atoms with E-state index in [4.69, 9.17) is 0 Å². The van der Waals surface area contributed by atoms with Crippen LogP contribution in [0.15, 0.2) is 65.0 Å². The Balaban J connectivity index is 1.65. The minimum atomic E-state index is -3.58. The summed E-state index contributed by atoms with van der Waals surface area (Å²) in [7, 11) is -3.58. The fourth-order valence-corrected chi connectivity index (χ4v) is 7.23. The molecule has 1 aliphatic heterocycles. The summed E-state index contributed by atoms with van der Waals surface area (Å²) < 4.78 is 31.0. The van der Waals surface area contributed by atoms with Crippen molar-refractivity contribution in [3.63, 3.8) is 0 Å². The highest BCUT2D eigenvalue weighted by atomic mass is 32.2. The second-order valence-electron chi connectivity index (χ2n) is 8.37. The molecule has 1 saturated heterocycles. The van der Waals surface area contributed by atoms with Gasteiger partial charge in [0.2, 0.25) is 10.0 Å². The van der Waals surface area contributed by atoms with Crippen LogP contribution in [0.25, 0.3) is 10.2 Å². The lowest BCUT2D eigenvalue weighted by Gasteiger charge is -2.34. The van der Waals surface area contributed by atoms with Crippen molar-refractivity contribution in [3.05, 3.63) is 71.0 Å². The molecule has 174 valence electrons. The van der Waals surface area contributed by atoms with Gasteiger partial charge in [0, 0.05) is 24.7 Å². The maximum atomic E-state index is 13.2. The number of allylic oxidation sites excluding steroid dienone is 1. The molecule has 1 unspecified atom stereocenters. The van der Waals surface area contributed by atoms with E-state index in [1.165, 1.54) is 23.5 Å². The number of fused-ring (bicyclic) bond motifs is 1. The zero-order valence-corrected chi connectivity index (χ0v) is 20.7. The number of carbonyl (C=O) groups excluding carboxylic acids is 1. The molecule has 2 aromatic carbocycles. The topological polar surface area (TPSA) is 71.7 Å². The number of sulfonamides is 1. The third kappa shape index (κ3) is 4.74. The third-order valence-corrected chi connectivity index (χ3v) is 9.11. The zero-order chi connectivity index (χ0) is 23.6. The standard InChI is InChI=1S/C25H29N3O3S2/c1-4-15-27-22-14-9-18(3)17-23(22)32-25(27)26-24(29)19-10-12-21(13-11-19)33(30,31)28-16-7-6-8-20(28)5-2/h4,9-14,17,20H,1,5-8,15-16H2,2-3H3. The summed E-state index contributed by atoms with van der Waals surface area (Å²) >= 11 is 1.46. The first-order valence-corrected chi connectivity index (χ1v) is 13.5. The average Bonchev–Trinajstić information content (AvgIpc) is 3.15. The first kappa shape index (κ1) is 23.6. The molecule has 1 aromatic heterocycles. The Hall–Kier alpha value is -2.55. The van der Waals surface area contributed by atoms with Crippen LogP contribution in [0.2, 0.25) is 0 Å². The van der Waals surface area contributed by atoms with Gasteiger partial charge in [-0.1, -0.05) is 36.8 Å². The van der Waals surface area contributed by atoms with E-state index in [0.717, 1.165) is 41.5 Å². The van der Waals surface area contributed by atoms with Gasteiger partial charge in [-0.05, 0) is 68.1 Å². The summed E-state index contributed by atoms with van der Waals surface area (Å²) in [6, 6.07) is 12.3. The highest BCUT2D eigenvalue weighted by Crippen LogP contribution is 2.27. The highest BCUT2D eigenvalue weighted by molar-refractivity contribution is 7.89. The lowest BCUT2D eigenvalue weighted by atomic mass is 10.0. The lowest BCUT2D eigenvalue weighted by molar-refractivity contribution is 0.0997. The molecule has 0 bridgehead atoms. The Kier molecular flexibility index (Phi) is 6.97. The summed E-state index contributed by atoms with van der Waals surface area (Å²) in [5.41, 5.74) is 2.51. The SMILES string of the molecule is C=CCn1c(=NC(=O)c2ccc(S(=O)(=O)N3CCCCC3CC)cc2)sc2cc(C)ccc21. The summed E-state index contributed by atoms with van der Waals surface area (Å²) in [4.78, 5) is 18.1. The number of rotatable bonds is 6. The van der Waals surface area contributed by atoms with Gasteiger partial charge in [-0.15, -0.1) is 6.58 Å². The molecule has 6 nitrogen and oxygen atoms in total. The molecule has 1 aliphatic rings. The van der Waals surface area contributed by atoms with Crippen molar-refractivity contribution >= 4 is 37.5 Å². The number of hydrogen-bond acceptors (Lipinski definition) is 4. The van der Waals surface area contributed by atoms with E-state index in [9.17, 15) is 13.2 Å². The zero-order valence-electron chi connectivity index (χ0n) is 19.0. The molecule has 2 heterocycles. The highest BCUT2D eigenvalue weighted by Gasteiger charge is 2.32. The maximum absolute atomic E-state index is 13.2. The number of carbonyl (C=O) groups is 1. The molecule has 0 spiro atoms. The number of hydrogen-bond donors (Lipinski definition) is 0. The number of piperidine rings is 1. The van der Waals surface area contributed by atoms with Crippen molar-refractivity contribution in [1.29, 1.82) is 0 Å². The molecule has 3 aromatic rings. The molecular weight excluding hydrogens is 454 g/mol. The Labute approximate surface area is 199 Å². The van der Waals surface area contributed by atoms with E-state index in [-0.39, 0.29) is 10.9 Å². The van der Waals surface area contributed by atoms with Crippen LogP contribution >= 0.6 is 11.3 Å². The van der Waals surface area contributed by atoms with E-state index in [1.54, 1.807) is 22.5 Å². The van der Waals surface area contributed by atoms with Crippen LogP contribution in [0.1, 0.15) is 48.5 Å². The minimum absolute atomic E-state index is 0.0389. The van der Waals surface area contributed by atoms with Crippen LogP contribution in [-0.2, 0) is 16.6 Å². The molecular formula is C25H29N3O3S2. The number of amides is 1. The molecule has 33 heavy (non-hydrogen) atoms. The van der Waals surface area contributed by atoms with E-state index in [0.29, 0.717) is 23.5 Å². The predicted molar refractivity (Wildman–Crippen MR) is 133 cm³/mol. The molecule has 0 aliphatic carbocycles. The van der Waals surface area contributed by atoms with Gasteiger partial charge in [-0.3, -0.25) is 4.79 Å². The molecule has 1 amide bonds. The van der Waals surface area contributed by atoms with Gasteiger partial charge < -0.3 is 4.57 Å². The molecule has 0 N–H and O–H groups in total. The summed E-state index contributed by atoms with van der Waals surface area (Å²) in [6.07, 6.45) is 5.41. The first-order valence-electron chi connectivity index (χ1n) is 11.3. The van der Waals surface area contributed by atoms with Gasteiger partial charge in [0.05, 0.1) is 15.1 Å². The fraction of sp³-hybridized carbons (Fsp3) is 0.360. The fourth-order valence-electron chi connectivity index (χ4n) is 4.33. The number of thiazole rings is 1. The van der Waals surface area contributed by atoms with Gasteiger partial charge >= 0.3 is 0 Å². The molecule has 4 rings (SSSR count). The van der Waals surface area contributed by atoms with E-state index in [1.807, 2.05) is 30.5 Å². The normalized spacial score (nSPS) is 18.0. The van der Waals surface area contributed by atoms with Crippen LogP contribution in [0.3, 0.4) is 0 Å². The largest absolute Gasteiger partial charge is 0.312 e. The van der Waals surface area contributed by atoms with Crippen LogP contribution in [0.4, 0.5) is 0 Å². The van der Waals surface area contributed by atoms with Gasteiger partial charge in [0.15, 0.2) is 4.80 Å². The predicted octanol–water partition coefficient (Wildman–Crippen LogP) is 4.89. The minimum Gasteiger partial charge on any atom is -0.312 e. The second kappa shape index (κ2) is 9.75. The maximum Gasteiger partial charge on any atom is 0.279 e. The van der Waals surface area contributed by atoms with Crippen molar-refractivity contribution in [3.8, 4) is 0 Å². The first-order chi connectivity index (χ1) is 15.8. The number of aryl methyl sites for hydroxylation is 1. The Bertz CT molecular complexity index is 1350. The lowest BCUT2D eigenvalue weighted by Crippen LogP contribution is -2.43. The number of benzene rings is 2. The Morgan fingerprint density at radius 3 is 2.67 bits per heavy atom. The van der Waals surface area contributed by atoms with Gasteiger partial charge in [-0.2, -0.15) is 9.30 Å². The van der Waals surface area contributed by atoms with Crippen LogP contribution in [0.5, 0.6) is 0 Å². The quantitative estimate of drug-likeness (QED) is 0.469. The average molecular weight is 484 g/mol. The van der Waals surface area contributed by atoms with Crippen LogP contribution in [-0.4, -0.2) is 35.8 Å². The summed E-state index contributed by atoms with van der Waals surface area (Å²) in [5, 5.41) is 0. The van der Waals surface area contributed by atoms with E-state index < -0.39 is 15.9 Å². The second-order valence-corrected chi connectivity index (χ2v) is 11.3. The van der Waals surface area contributed by atoms with E-state index in [2.05, 4.69) is 17.6 Å². The van der Waals surface area contributed by atoms with Crippen LogP contribution < -0.4 is 4.80 Å². The van der Waals surface area contributed by atoms with Crippen molar-refractivity contribution in [2.75, 3.05) is 6.54 Å². The van der Waals surface area contributed by atoms with Crippen molar-refractivity contribution in [2.24, 2.45) is 4.99 Å². The Morgan fingerprint density at radius 2 is 1.97 bits per heavy atom. The van der Waals surface area contributed by atoms with Gasteiger partial charge in [-0.25, -0.2) is 8.42 Å². The van der Waals surface area contributed by atoms with Crippen molar-refractivity contribution in [2.45, 2.75) is 57.0 Å². The van der Waals surface area contributed by atoms with Crippen molar-refractivity contribution in [1.82, 2.24) is 8.87 Å². The molecule has 0 radical (unpaired) electrons. The molecule has 1 atom stereocenters. The van der Waals surface area contributed by atoms with Crippen LogP contribution in [0, 0.1) is 6.92 Å².